The van der Waals surface area contributed by atoms with Gasteiger partial charge in [0.2, 0.25) is 0 Å². The molecule has 1 N–H and O–H groups in total. The van der Waals surface area contributed by atoms with E-state index in [1.54, 1.807) is 6.07 Å². The fraction of sp³-hybridized carbons (Fsp3) is 0.500. The van der Waals surface area contributed by atoms with E-state index in [0.29, 0.717) is 6.42 Å². The Labute approximate surface area is 106 Å². The van der Waals surface area contributed by atoms with E-state index in [4.69, 9.17) is 5.26 Å². The number of nitriles is 1. The van der Waals surface area contributed by atoms with Crippen LogP contribution in [-0.4, -0.2) is 23.8 Å². The lowest BCUT2D eigenvalue weighted by Crippen LogP contribution is -2.44. The fourth-order valence-electron chi connectivity index (χ4n) is 2.53. The highest BCUT2D eigenvalue weighted by Crippen LogP contribution is 2.27. The van der Waals surface area contributed by atoms with E-state index in [-0.39, 0.29) is 17.7 Å². The second-order valence-electron chi connectivity index (χ2n) is 4.71. The highest BCUT2D eigenvalue weighted by atomic mass is 19.1. The minimum Gasteiger partial charge on any atom is -0.393 e. The number of nitrogens with zero attached hydrogens (tertiary/aromatic N) is 2. The molecule has 0 aromatic heterocycles. The summed E-state index contributed by atoms with van der Waals surface area (Å²) in [4.78, 5) is 2.12. The number of halogens is 1. The van der Waals surface area contributed by atoms with E-state index in [2.05, 4.69) is 11.8 Å². The average molecular weight is 248 g/mol. The maximum atomic E-state index is 13.6. The van der Waals surface area contributed by atoms with Crippen LogP contribution in [0.5, 0.6) is 0 Å². The summed E-state index contributed by atoms with van der Waals surface area (Å²) >= 11 is 0. The molecular weight excluding hydrogens is 231 g/mol. The van der Waals surface area contributed by atoms with Gasteiger partial charge in [-0.05, 0) is 37.5 Å². The SMILES string of the molecule is CC[C@@H]1C[C@H](O)CCN1c1ccc(C#N)c(F)c1. The van der Waals surface area contributed by atoms with Gasteiger partial charge in [0, 0.05) is 18.3 Å². The van der Waals surface area contributed by atoms with Gasteiger partial charge >= 0.3 is 0 Å². The van der Waals surface area contributed by atoms with Gasteiger partial charge in [0.05, 0.1) is 11.7 Å². The molecule has 2 rings (SSSR count). The number of benzene rings is 1. The van der Waals surface area contributed by atoms with Crippen molar-refractivity contribution in [2.24, 2.45) is 0 Å². The van der Waals surface area contributed by atoms with Crippen LogP contribution in [0.4, 0.5) is 10.1 Å². The molecule has 1 aromatic rings. The molecule has 1 fully saturated rings. The molecule has 0 aliphatic carbocycles. The topological polar surface area (TPSA) is 47.3 Å². The quantitative estimate of drug-likeness (QED) is 0.874. The van der Waals surface area contributed by atoms with Crippen LogP contribution < -0.4 is 4.90 Å². The lowest BCUT2D eigenvalue weighted by Gasteiger charge is -2.39. The predicted octanol–water partition coefficient (Wildman–Crippen LogP) is 2.44. The van der Waals surface area contributed by atoms with Crippen LogP contribution in [0.15, 0.2) is 18.2 Å². The molecule has 3 nitrogen and oxygen atoms in total. The van der Waals surface area contributed by atoms with Crippen LogP contribution in [-0.2, 0) is 0 Å². The Morgan fingerprint density at radius 3 is 2.94 bits per heavy atom. The summed E-state index contributed by atoms with van der Waals surface area (Å²) in [6.45, 7) is 2.79. The Balaban J connectivity index is 2.25. The summed E-state index contributed by atoms with van der Waals surface area (Å²) in [5.41, 5.74) is 0.870. The van der Waals surface area contributed by atoms with Crippen molar-refractivity contribution in [3.63, 3.8) is 0 Å². The molecule has 1 aliphatic rings. The van der Waals surface area contributed by atoms with Crippen molar-refractivity contribution in [2.45, 2.75) is 38.3 Å². The molecule has 0 radical (unpaired) electrons. The number of aliphatic hydroxyl groups excluding tert-OH is 1. The minimum atomic E-state index is -0.476. The number of piperidine rings is 1. The Morgan fingerprint density at radius 2 is 2.33 bits per heavy atom. The highest BCUT2D eigenvalue weighted by Gasteiger charge is 2.26. The van der Waals surface area contributed by atoms with Gasteiger partial charge in [-0.15, -0.1) is 0 Å². The van der Waals surface area contributed by atoms with Crippen LogP contribution in [0.3, 0.4) is 0 Å². The van der Waals surface area contributed by atoms with Gasteiger partial charge in [0.15, 0.2) is 0 Å². The third-order valence-corrected chi connectivity index (χ3v) is 3.56. The van der Waals surface area contributed by atoms with E-state index < -0.39 is 5.82 Å². The lowest BCUT2D eigenvalue weighted by molar-refractivity contribution is 0.127. The normalized spacial score (nSPS) is 23.8. The van der Waals surface area contributed by atoms with Crippen molar-refractivity contribution in [3.05, 3.63) is 29.6 Å². The van der Waals surface area contributed by atoms with E-state index in [1.807, 2.05) is 6.07 Å². The van der Waals surface area contributed by atoms with Crippen LogP contribution in [0, 0.1) is 17.1 Å². The standard InChI is InChI=1S/C14H17FN2O/c1-2-11-7-13(18)5-6-17(11)12-4-3-10(9-16)14(15)8-12/h3-4,8,11,13,18H,2,5-7H2,1H3/t11-,13-/m1/s1. The van der Waals surface area contributed by atoms with Crippen molar-refractivity contribution in [3.8, 4) is 6.07 Å². The summed E-state index contributed by atoms with van der Waals surface area (Å²) in [5.74, 6) is -0.476. The molecule has 1 heterocycles. The summed E-state index contributed by atoms with van der Waals surface area (Å²) in [5, 5.41) is 18.4. The third-order valence-electron chi connectivity index (χ3n) is 3.56. The Hall–Kier alpha value is -1.60. The monoisotopic (exact) mass is 248 g/mol. The average Bonchev–Trinajstić information content (AvgIpc) is 2.38. The zero-order valence-corrected chi connectivity index (χ0v) is 10.4. The Morgan fingerprint density at radius 1 is 1.56 bits per heavy atom. The van der Waals surface area contributed by atoms with Gasteiger partial charge in [0.25, 0.3) is 0 Å². The fourth-order valence-corrected chi connectivity index (χ4v) is 2.53. The smallest absolute Gasteiger partial charge is 0.143 e. The van der Waals surface area contributed by atoms with Gasteiger partial charge in [0.1, 0.15) is 11.9 Å². The maximum Gasteiger partial charge on any atom is 0.143 e. The second-order valence-corrected chi connectivity index (χ2v) is 4.71. The van der Waals surface area contributed by atoms with Crippen LogP contribution in [0.2, 0.25) is 0 Å². The first-order chi connectivity index (χ1) is 8.65. The van der Waals surface area contributed by atoms with Crippen molar-refractivity contribution < 1.29 is 9.50 Å². The summed E-state index contributed by atoms with van der Waals surface area (Å²) in [6.07, 6.45) is 2.09. The molecule has 0 bridgehead atoms. The molecule has 4 heteroatoms. The van der Waals surface area contributed by atoms with E-state index in [9.17, 15) is 9.50 Å². The van der Waals surface area contributed by atoms with Crippen LogP contribution in [0.1, 0.15) is 31.7 Å². The summed E-state index contributed by atoms with van der Waals surface area (Å²) in [6, 6.07) is 6.77. The van der Waals surface area contributed by atoms with Crippen molar-refractivity contribution in [2.75, 3.05) is 11.4 Å². The third kappa shape index (κ3) is 2.46. The number of rotatable bonds is 2. The molecule has 96 valence electrons. The van der Waals surface area contributed by atoms with Crippen LogP contribution in [0.25, 0.3) is 0 Å². The molecule has 0 amide bonds. The molecule has 1 aliphatic heterocycles. The number of hydrogen-bond donors (Lipinski definition) is 1. The lowest BCUT2D eigenvalue weighted by atomic mass is 9.96. The first-order valence-electron chi connectivity index (χ1n) is 6.30. The zero-order chi connectivity index (χ0) is 13.1. The summed E-state index contributed by atoms with van der Waals surface area (Å²) in [7, 11) is 0. The predicted molar refractivity (Wildman–Crippen MR) is 67.8 cm³/mol. The number of anilines is 1. The number of aliphatic hydroxyl groups is 1. The van der Waals surface area contributed by atoms with Gasteiger partial charge in [-0.3, -0.25) is 0 Å². The number of hydrogen-bond acceptors (Lipinski definition) is 3. The van der Waals surface area contributed by atoms with Gasteiger partial charge < -0.3 is 10.0 Å². The molecule has 1 aromatic carbocycles. The highest BCUT2D eigenvalue weighted by molar-refractivity contribution is 5.51. The van der Waals surface area contributed by atoms with Gasteiger partial charge in [-0.2, -0.15) is 5.26 Å². The first kappa shape index (κ1) is 12.8. The van der Waals surface area contributed by atoms with E-state index in [1.165, 1.54) is 12.1 Å². The molecule has 0 unspecified atom stereocenters. The molecule has 2 atom stereocenters. The molecule has 0 spiro atoms. The van der Waals surface area contributed by atoms with Gasteiger partial charge in [-0.1, -0.05) is 6.92 Å². The van der Waals surface area contributed by atoms with E-state index in [0.717, 1.165) is 25.1 Å². The molecule has 0 saturated carbocycles. The Kier molecular flexibility index (Phi) is 3.83. The second kappa shape index (κ2) is 5.36. The minimum absolute atomic E-state index is 0.0730. The first-order valence-corrected chi connectivity index (χ1v) is 6.30. The van der Waals surface area contributed by atoms with Crippen molar-refractivity contribution >= 4 is 5.69 Å². The van der Waals surface area contributed by atoms with Crippen LogP contribution >= 0.6 is 0 Å². The van der Waals surface area contributed by atoms with E-state index >= 15 is 0 Å². The maximum absolute atomic E-state index is 13.6. The summed E-state index contributed by atoms with van der Waals surface area (Å²) < 4.78 is 13.6. The van der Waals surface area contributed by atoms with Crippen molar-refractivity contribution in [1.29, 1.82) is 5.26 Å². The molecular formula is C14H17FN2O. The largest absolute Gasteiger partial charge is 0.393 e. The zero-order valence-electron chi connectivity index (χ0n) is 10.4. The van der Waals surface area contributed by atoms with Gasteiger partial charge in [-0.25, -0.2) is 4.39 Å². The molecule has 1 saturated heterocycles. The molecule has 18 heavy (non-hydrogen) atoms. The Bertz CT molecular complexity index is 469. The van der Waals surface area contributed by atoms with Crippen molar-refractivity contribution in [1.82, 2.24) is 0 Å².